The van der Waals surface area contributed by atoms with Gasteiger partial charge in [0, 0.05) is 60.1 Å². The van der Waals surface area contributed by atoms with Crippen molar-refractivity contribution in [3.05, 3.63) is 106 Å². The molecule has 266 valence electrons. The second-order valence-electron chi connectivity index (χ2n) is 13.9. The molecular weight excluding hydrogens is 652 g/mol. The molecule has 1 unspecified atom stereocenters. The van der Waals surface area contributed by atoms with Crippen LogP contribution in [0.5, 0.6) is 11.5 Å². The topological polar surface area (TPSA) is 131 Å². The summed E-state index contributed by atoms with van der Waals surface area (Å²) in [5, 5.41) is 42.1. The van der Waals surface area contributed by atoms with Crippen LogP contribution in [0.15, 0.2) is 79.2 Å². The predicted octanol–water partition coefficient (Wildman–Crippen LogP) is 5.91. The van der Waals surface area contributed by atoms with Crippen LogP contribution in [0.2, 0.25) is 5.02 Å². The normalized spacial score (nSPS) is 20.1. The van der Waals surface area contributed by atoms with Gasteiger partial charge in [0.25, 0.3) is 0 Å². The van der Waals surface area contributed by atoms with Crippen LogP contribution in [-0.2, 0) is 13.2 Å². The van der Waals surface area contributed by atoms with E-state index in [-0.39, 0.29) is 43.3 Å². The Labute approximate surface area is 300 Å². The van der Waals surface area contributed by atoms with Gasteiger partial charge < -0.3 is 35.0 Å². The number of hydrogen-bond acceptors (Lipinski definition) is 9. The zero-order chi connectivity index (χ0) is 35.6. The lowest BCUT2D eigenvalue weighted by atomic mass is 9.57. The minimum absolute atomic E-state index is 0.166. The fraction of sp³-hybridized carbons (Fsp3) is 0.450. The number of likely N-dealkylation sites (tertiary alicyclic amines) is 1. The van der Waals surface area contributed by atoms with Crippen LogP contribution >= 0.6 is 11.6 Å². The van der Waals surface area contributed by atoms with E-state index in [4.69, 9.17) is 21.1 Å². The van der Waals surface area contributed by atoms with Gasteiger partial charge in [-0.2, -0.15) is 5.26 Å². The van der Waals surface area contributed by atoms with E-state index in [9.17, 15) is 20.6 Å². The predicted molar refractivity (Wildman–Crippen MR) is 196 cm³/mol. The summed E-state index contributed by atoms with van der Waals surface area (Å²) in [7, 11) is 0. The summed E-state index contributed by atoms with van der Waals surface area (Å²) in [5.74, 6) is 1.01. The quantitative estimate of drug-likeness (QED) is 0.127. The molecule has 1 saturated heterocycles. The number of allylic oxidation sites excluding steroid dienone is 3. The largest absolute Gasteiger partial charge is 0.491 e. The van der Waals surface area contributed by atoms with Gasteiger partial charge in [-0.05, 0) is 49.1 Å². The summed E-state index contributed by atoms with van der Waals surface area (Å²) in [4.78, 5) is 6.50. The van der Waals surface area contributed by atoms with Crippen molar-refractivity contribution in [3.8, 4) is 17.6 Å². The van der Waals surface area contributed by atoms with E-state index in [2.05, 4.69) is 77.6 Å². The third-order valence-corrected chi connectivity index (χ3v) is 10.5. The maximum absolute atomic E-state index is 10.0. The van der Waals surface area contributed by atoms with Crippen LogP contribution < -0.4 is 14.8 Å². The molecule has 50 heavy (non-hydrogen) atoms. The summed E-state index contributed by atoms with van der Waals surface area (Å²) in [6.45, 7) is 7.62. The Hall–Kier alpha value is -3.75. The fourth-order valence-corrected chi connectivity index (χ4v) is 7.21. The van der Waals surface area contributed by atoms with Gasteiger partial charge in [0.2, 0.25) is 0 Å². The standard InChI is InChI=1S/C40H49ClN4O5/c1-39(2)35(31-9-4-3-5-10-31)11-8-14-40(39,13-6-7-15-45-16-12-34(48)24-45)28-50-38-19-37(49-27-30-17-29(20-42)21-43-22-30)32(18-36(38)41)23-44-33(25-46)26-47/h3-5,8-11,14,17-19,21-22,33-34,44,46-48H,6-7,12-13,15-16,23-28H2,1-2H3/t34?,40-/m0/s1. The Morgan fingerprint density at radius 2 is 1.88 bits per heavy atom. The van der Waals surface area contributed by atoms with Crippen molar-refractivity contribution in [1.82, 2.24) is 15.2 Å². The monoisotopic (exact) mass is 700 g/mol. The number of nitrogens with zero attached hydrogens (tertiary/aromatic N) is 3. The Morgan fingerprint density at radius 3 is 2.60 bits per heavy atom. The number of β-amino-alcohol motifs (C(OH)–C–C–N with tert-alkyl or cyclic N) is 1. The highest BCUT2D eigenvalue weighted by Crippen LogP contribution is 2.55. The van der Waals surface area contributed by atoms with E-state index in [1.165, 1.54) is 17.3 Å². The van der Waals surface area contributed by atoms with Crippen molar-refractivity contribution in [2.24, 2.45) is 10.8 Å². The second kappa shape index (κ2) is 17.5. The van der Waals surface area contributed by atoms with Crippen LogP contribution in [-0.4, -0.2) is 76.8 Å². The highest BCUT2D eigenvalue weighted by molar-refractivity contribution is 6.32. The number of ether oxygens (including phenoxy) is 2. The third kappa shape index (κ3) is 9.12. The van der Waals surface area contributed by atoms with Gasteiger partial charge in [-0.1, -0.05) is 80.4 Å². The molecule has 1 aromatic heterocycles. The molecule has 1 aliphatic carbocycles. The van der Waals surface area contributed by atoms with Gasteiger partial charge in [0.05, 0.1) is 42.6 Å². The number of aliphatic hydroxyl groups excluding tert-OH is 3. The van der Waals surface area contributed by atoms with E-state index in [0.717, 1.165) is 56.4 Å². The number of halogens is 1. The zero-order valence-electron chi connectivity index (χ0n) is 29.0. The minimum atomic E-state index is -0.503. The van der Waals surface area contributed by atoms with Crippen molar-refractivity contribution < 1.29 is 24.8 Å². The molecule has 3 aromatic rings. The number of hydrogen-bond donors (Lipinski definition) is 4. The van der Waals surface area contributed by atoms with Crippen LogP contribution in [0.1, 0.15) is 61.8 Å². The van der Waals surface area contributed by atoms with Crippen LogP contribution in [0, 0.1) is 22.2 Å². The molecule has 1 fully saturated rings. The van der Waals surface area contributed by atoms with Crippen LogP contribution in [0.25, 0.3) is 5.57 Å². The molecule has 0 spiro atoms. The summed E-state index contributed by atoms with van der Waals surface area (Å²) >= 11 is 6.90. The molecule has 2 aromatic carbocycles. The molecule has 2 heterocycles. The van der Waals surface area contributed by atoms with Crippen LogP contribution in [0.3, 0.4) is 0 Å². The first-order valence-corrected chi connectivity index (χ1v) is 17.8. The Kier molecular flexibility index (Phi) is 13.1. The van der Waals surface area contributed by atoms with E-state index in [1.54, 1.807) is 24.4 Å². The molecule has 10 heteroatoms. The van der Waals surface area contributed by atoms with Gasteiger partial charge in [-0.25, -0.2) is 0 Å². The average Bonchev–Trinajstić information content (AvgIpc) is 3.55. The molecule has 5 rings (SSSR count). The molecule has 0 bridgehead atoms. The number of benzene rings is 2. The molecule has 2 aliphatic rings. The van der Waals surface area contributed by atoms with Gasteiger partial charge in [-0.15, -0.1) is 0 Å². The van der Waals surface area contributed by atoms with Crippen molar-refractivity contribution in [1.29, 1.82) is 5.26 Å². The lowest BCUT2D eigenvalue weighted by molar-refractivity contribution is 0.0852. The SMILES string of the molecule is CC1(C)C(c2ccccc2)=CC=C[C@@]1(CCCCN1CCC(O)C1)COc1cc(OCc2cncc(C#N)c2)c(CNC(CO)CO)cc1Cl. The van der Waals surface area contributed by atoms with Crippen LogP contribution in [0.4, 0.5) is 0 Å². The first-order chi connectivity index (χ1) is 24.2. The number of pyridine rings is 1. The van der Waals surface area contributed by atoms with E-state index in [1.807, 2.05) is 6.07 Å². The molecule has 9 nitrogen and oxygen atoms in total. The van der Waals surface area contributed by atoms with Crippen molar-refractivity contribution in [2.75, 3.05) is 39.5 Å². The molecule has 1 aliphatic heterocycles. The second-order valence-corrected chi connectivity index (χ2v) is 14.3. The Morgan fingerprint density at radius 1 is 1.08 bits per heavy atom. The minimum Gasteiger partial charge on any atom is -0.491 e. The first-order valence-electron chi connectivity index (χ1n) is 17.4. The number of nitriles is 1. The number of aliphatic hydroxyl groups is 3. The number of rotatable bonds is 17. The summed E-state index contributed by atoms with van der Waals surface area (Å²) in [6, 6.07) is 17.4. The van der Waals surface area contributed by atoms with E-state index < -0.39 is 6.04 Å². The maximum Gasteiger partial charge on any atom is 0.141 e. The smallest absolute Gasteiger partial charge is 0.141 e. The number of aromatic nitrogens is 1. The molecule has 0 saturated carbocycles. The average molecular weight is 701 g/mol. The van der Waals surface area contributed by atoms with Gasteiger partial charge in [0.15, 0.2) is 0 Å². The summed E-state index contributed by atoms with van der Waals surface area (Å²) in [5.41, 5.74) is 3.69. The number of nitrogens with one attached hydrogen (secondary N) is 1. The van der Waals surface area contributed by atoms with E-state index in [0.29, 0.717) is 28.7 Å². The summed E-state index contributed by atoms with van der Waals surface area (Å²) in [6.07, 6.45) is 13.3. The van der Waals surface area contributed by atoms with Gasteiger partial charge >= 0.3 is 0 Å². The van der Waals surface area contributed by atoms with Gasteiger partial charge in [-0.3, -0.25) is 4.98 Å². The molecule has 0 amide bonds. The first kappa shape index (κ1) is 37.5. The van der Waals surface area contributed by atoms with Crippen molar-refractivity contribution in [2.45, 2.75) is 64.8 Å². The fourth-order valence-electron chi connectivity index (χ4n) is 6.97. The maximum atomic E-state index is 10.0. The summed E-state index contributed by atoms with van der Waals surface area (Å²) < 4.78 is 13.0. The highest BCUT2D eigenvalue weighted by atomic mass is 35.5. The lowest BCUT2D eigenvalue weighted by Crippen LogP contribution is -2.43. The third-order valence-electron chi connectivity index (χ3n) is 10.2. The number of unbranched alkanes of at least 4 members (excludes halogenated alkanes) is 1. The molecule has 4 N–H and O–H groups in total. The van der Waals surface area contributed by atoms with E-state index >= 15 is 0 Å². The lowest BCUT2D eigenvalue weighted by Gasteiger charge is -2.48. The Bertz CT molecular complexity index is 1670. The van der Waals surface area contributed by atoms with Crippen molar-refractivity contribution >= 4 is 17.2 Å². The molecule has 2 atom stereocenters. The molecule has 0 radical (unpaired) electrons. The van der Waals surface area contributed by atoms with Crippen molar-refractivity contribution in [3.63, 3.8) is 0 Å². The van der Waals surface area contributed by atoms with Gasteiger partial charge in [0.1, 0.15) is 24.2 Å². The Balaban J connectivity index is 1.40. The highest BCUT2D eigenvalue weighted by Gasteiger charge is 2.47. The molecular formula is C40H49ClN4O5. The zero-order valence-corrected chi connectivity index (χ0v) is 29.8.